The smallest absolute Gasteiger partial charge is 0.250 e. The summed E-state index contributed by atoms with van der Waals surface area (Å²) in [5.41, 5.74) is 4.11. The van der Waals surface area contributed by atoms with Crippen molar-refractivity contribution in [2.75, 3.05) is 41.4 Å². The largest absolute Gasteiger partial charge is 0.341 e. The van der Waals surface area contributed by atoms with Gasteiger partial charge in [-0.25, -0.2) is 5.43 Å². The van der Waals surface area contributed by atoms with Crippen LogP contribution in [0.3, 0.4) is 0 Å². The van der Waals surface area contributed by atoms with Crippen LogP contribution in [0.4, 0.5) is 17.8 Å². The minimum absolute atomic E-state index is 0.499. The predicted molar refractivity (Wildman–Crippen MR) is 127 cm³/mol. The molecule has 158 valence electrons. The Hall–Kier alpha value is -2.48. The summed E-state index contributed by atoms with van der Waals surface area (Å²) >= 11 is 3.45. The first-order chi connectivity index (χ1) is 14.8. The second-order valence-corrected chi connectivity index (χ2v) is 8.57. The molecule has 7 nitrogen and oxygen atoms in total. The molecule has 1 aromatic heterocycles. The van der Waals surface area contributed by atoms with Crippen LogP contribution in [0.5, 0.6) is 0 Å². The number of nitrogens with one attached hydrogen (secondary N) is 1. The van der Waals surface area contributed by atoms with Crippen LogP contribution < -0.4 is 15.2 Å². The van der Waals surface area contributed by atoms with Gasteiger partial charge < -0.3 is 9.80 Å². The summed E-state index contributed by atoms with van der Waals surface area (Å²) < 4.78 is 1.07. The van der Waals surface area contributed by atoms with E-state index in [1.54, 1.807) is 6.21 Å². The number of rotatable bonds is 6. The van der Waals surface area contributed by atoms with Crippen LogP contribution in [0, 0.1) is 0 Å². The third-order valence-electron chi connectivity index (χ3n) is 5.37. The van der Waals surface area contributed by atoms with Gasteiger partial charge in [0.15, 0.2) is 0 Å². The maximum absolute atomic E-state index is 4.79. The number of anilines is 3. The first-order valence-corrected chi connectivity index (χ1v) is 11.5. The number of hydrogen-bond acceptors (Lipinski definition) is 7. The molecule has 8 heteroatoms. The average Bonchev–Trinajstić information content (AvgIpc) is 2.81. The van der Waals surface area contributed by atoms with E-state index in [1.807, 2.05) is 36.4 Å². The number of nitrogens with zero attached hydrogens (tertiary/aromatic N) is 6. The molecule has 0 atom stereocenters. The van der Waals surface area contributed by atoms with Crippen molar-refractivity contribution in [2.45, 2.75) is 38.5 Å². The molecule has 1 aromatic carbocycles. The zero-order chi connectivity index (χ0) is 20.6. The third kappa shape index (κ3) is 5.78. The molecular formula is C22H28BrN7. The standard InChI is InChI=1S/C22H28BrN7/c23-19-11-9-18(10-12-19)8-7-13-24-28-20-25-21(29-14-3-1-4-15-29)27-22(26-20)30-16-5-2-6-17-30/h7-13H,1-6,14-17H2,(H,25,26,27,28). The summed E-state index contributed by atoms with van der Waals surface area (Å²) in [7, 11) is 0. The molecule has 2 aliphatic rings. The van der Waals surface area contributed by atoms with Crippen molar-refractivity contribution in [3.63, 3.8) is 0 Å². The Labute approximate surface area is 186 Å². The SMILES string of the molecule is Brc1ccc(C=CC=NNc2nc(N3CCCCC3)nc(N3CCCCC3)n2)cc1. The van der Waals surface area contributed by atoms with Crippen LogP contribution in [0.25, 0.3) is 6.08 Å². The number of benzene rings is 1. The topological polar surface area (TPSA) is 69.5 Å². The molecule has 0 bridgehead atoms. The fourth-order valence-corrected chi connectivity index (χ4v) is 4.00. The lowest BCUT2D eigenvalue weighted by atomic mass is 10.1. The number of piperidine rings is 2. The molecule has 2 fully saturated rings. The lowest BCUT2D eigenvalue weighted by molar-refractivity contribution is 0.556. The summed E-state index contributed by atoms with van der Waals surface area (Å²) in [5.74, 6) is 2.01. The summed E-state index contributed by atoms with van der Waals surface area (Å²) in [5, 5.41) is 4.29. The van der Waals surface area contributed by atoms with Gasteiger partial charge in [-0.05, 0) is 62.3 Å². The van der Waals surface area contributed by atoms with E-state index in [4.69, 9.17) is 4.98 Å². The Morgan fingerprint density at radius 1 is 0.800 bits per heavy atom. The van der Waals surface area contributed by atoms with Crippen molar-refractivity contribution in [3.05, 3.63) is 40.4 Å². The molecule has 2 aromatic rings. The fourth-order valence-electron chi connectivity index (χ4n) is 3.74. The van der Waals surface area contributed by atoms with Crippen LogP contribution in [0.2, 0.25) is 0 Å². The molecule has 0 saturated carbocycles. The van der Waals surface area contributed by atoms with Gasteiger partial charge in [-0.1, -0.05) is 34.1 Å². The Morgan fingerprint density at radius 2 is 1.37 bits per heavy atom. The Morgan fingerprint density at radius 3 is 1.93 bits per heavy atom. The molecule has 0 amide bonds. The quantitative estimate of drug-likeness (QED) is 0.487. The highest BCUT2D eigenvalue weighted by atomic mass is 79.9. The van der Waals surface area contributed by atoms with Crippen molar-refractivity contribution in [2.24, 2.45) is 5.10 Å². The van der Waals surface area contributed by atoms with E-state index >= 15 is 0 Å². The molecule has 2 aliphatic heterocycles. The van der Waals surface area contributed by atoms with Crippen molar-refractivity contribution in [3.8, 4) is 0 Å². The van der Waals surface area contributed by atoms with E-state index in [1.165, 1.54) is 38.5 Å². The molecule has 0 radical (unpaired) electrons. The van der Waals surface area contributed by atoms with Gasteiger partial charge in [0.25, 0.3) is 0 Å². The molecule has 4 rings (SSSR count). The maximum atomic E-state index is 4.79. The first kappa shape index (κ1) is 20.8. The van der Waals surface area contributed by atoms with Crippen LogP contribution in [0.15, 0.2) is 39.9 Å². The maximum Gasteiger partial charge on any atom is 0.250 e. The third-order valence-corrected chi connectivity index (χ3v) is 5.90. The lowest BCUT2D eigenvalue weighted by Gasteiger charge is -2.30. The lowest BCUT2D eigenvalue weighted by Crippen LogP contribution is -2.34. The molecule has 3 heterocycles. The van der Waals surface area contributed by atoms with E-state index in [2.05, 4.69) is 46.2 Å². The Kier molecular flexibility index (Phi) is 7.29. The van der Waals surface area contributed by atoms with Gasteiger partial charge in [0, 0.05) is 36.9 Å². The highest BCUT2D eigenvalue weighted by Gasteiger charge is 2.20. The van der Waals surface area contributed by atoms with Gasteiger partial charge in [0.2, 0.25) is 17.8 Å². The summed E-state index contributed by atoms with van der Waals surface area (Å²) in [6.07, 6.45) is 12.9. The van der Waals surface area contributed by atoms with Crippen molar-refractivity contribution in [1.29, 1.82) is 0 Å². The second kappa shape index (κ2) is 10.5. The van der Waals surface area contributed by atoms with Gasteiger partial charge in [0.05, 0.1) is 0 Å². The van der Waals surface area contributed by atoms with E-state index in [-0.39, 0.29) is 0 Å². The molecule has 0 aliphatic carbocycles. The highest BCUT2D eigenvalue weighted by Crippen LogP contribution is 2.22. The van der Waals surface area contributed by atoms with E-state index in [0.717, 1.165) is 48.1 Å². The minimum atomic E-state index is 0.499. The van der Waals surface area contributed by atoms with E-state index < -0.39 is 0 Å². The zero-order valence-corrected chi connectivity index (χ0v) is 18.8. The van der Waals surface area contributed by atoms with Crippen LogP contribution in [0.1, 0.15) is 44.1 Å². The van der Waals surface area contributed by atoms with Crippen molar-refractivity contribution >= 4 is 46.1 Å². The zero-order valence-electron chi connectivity index (χ0n) is 17.2. The fraction of sp³-hybridized carbons (Fsp3) is 0.455. The monoisotopic (exact) mass is 469 g/mol. The summed E-state index contributed by atoms with van der Waals surface area (Å²) in [6.45, 7) is 4.01. The molecule has 1 N–H and O–H groups in total. The Bertz CT molecular complexity index is 833. The number of halogens is 1. The summed E-state index contributed by atoms with van der Waals surface area (Å²) in [4.78, 5) is 18.6. The van der Waals surface area contributed by atoms with Crippen molar-refractivity contribution in [1.82, 2.24) is 15.0 Å². The van der Waals surface area contributed by atoms with Crippen LogP contribution >= 0.6 is 15.9 Å². The van der Waals surface area contributed by atoms with Gasteiger partial charge in [0.1, 0.15) is 0 Å². The Balaban J connectivity index is 1.46. The molecular weight excluding hydrogens is 442 g/mol. The molecule has 30 heavy (non-hydrogen) atoms. The number of hydrogen-bond donors (Lipinski definition) is 1. The first-order valence-electron chi connectivity index (χ1n) is 10.8. The minimum Gasteiger partial charge on any atom is -0.341 e. The van der Waals surface area contributed by atoms with Gasteiger partial charge >= 0.3 is 0 Å². The van der Waals surface area contributed by atoms with Gasteiger partial charge in [-0.2, -0.15) is 20.1 Å². The number of allylic oxidation sites excluding steroid dienone is 1. The molecule has 0 spiro atoms. The van der Waals surface area contributed by atoms with Gasteiger partial charge in [-0.15, -0.1) is 0 Å². The molecule has 2 saturated heterocycles. The predicted octanol–water partition coefficient (Wildman–Crippen LogP) is 4.73. The normalized spacial score (nSPS) is 17.8. The average molecular weight is 470 g/mol. The van der Waals surface area contributed by atoms with Crippen LogP contribution in [-0.2, 0) is 0 Å². The summed E-state index contributed by atoms with van der Waals surface area (Å²) in [6, 6.07) is 8.13. The number of hydrazone groups is 1. The van der Waals surface area contributed by atoms with Crippen molar-refractivity contribution < 1.29 is 0 Å². The highest BCUT2D eigenvalue weighted by molar-refractivity contribution is 9.10. The van der Waals surface area contributed by atoms with Gasteiger partial charge in [-0.3, -0.25) is 0 Å². The second-order valence-electron chi connectivity index (χ2n) is 7.66. The molecule has 0 unspecified atom stereocenters. The van der Waals surface area contributed by atoms with E-state index in [0.29, 0.717) is 5.95 Å². The van der Waals surface area contributed by atoms with Crippen LogP contribution in [-0.4, -0.2) is 47.3 Å². The number of aromatic nitrogens is 3. The van der Waals surface area contributed by atoms with E-state index in [9.17, 15) is 0 Å².